The number of anilines is 1. The van der Waals surface area contributed by atoms with Crippen LogP contribution in [0, 0.1) is 6.92 Å². The zero-order chi connectivity index (χ0) is 34.6. The van der Waals surface area contributed by atoms with Crippen molar-refractivity contribution in [3.8, 4) is 11.3 Å². The van der Waals surface area contributed by atoms with Gasteiger partial charge >= 0.3 is 6.03 Å². The van der Waals surface area contributed by atoms with E-state index in [1.165, 1.54) is 9.80 Å². The van der Waals surface area contributed by atoms with Gasteiger partial charge < -0.3 is 20.1 Å². The molecule has 2 aromatic heterocycles. The molecular weight excluding hydrogens is 630 g/mol. The average Bonchev–Trinajstić information content (AvgIpc) is 3.88. The van der Waals surface area contributed by atoms with E-state index in [2.05, 4.69) is 27.6 Å². The van der Waals surface area contributed by atoms with E-state index in [-0.39, 0.29) is 35.6 Å². The fraction of sp³-hybridized carbons (Fsp3) is 0.410. The second-order valence-electron chi connectivity index (χ2n) is 14.5. The third-order valence-corrected chi connectivity index (χ3v) is 11.3. The number of benzene rings is 2. The summed E-state index contributed by atoms with van der Waals surface area (Å²) in [7, 11) is 1.57. The van der Waals surface area contributed by atoms with Gasteiger partial charge in [0.25, 0.3) is 5.56 Å². The van der Waals surface area contributed by atoms with Gasteiger partial charge in [0.15, 0.2) is 0 Å². The predicted octanol–water partition coefficient (Wildman–Crippen LogP) is 4.94. The van der Waals surface area contributed by atoms with Crippen molar-refractivity contribution in [3.63, 3.8) is 0 Å². The summed E-state index contributed by atoms with van der Waals surface area (Å²) in [5.41, 5.74) is 3.55. The van der Waals surface area contributed by atoms with Gasteiger partial charge in [-0.1, -0.05) is 73.0 Å². The van der Waals surface area contributed by atoms with Crippen molar-refractivity contribution in [2.75, 3.05) is 18.5 Å². The lowest BCUT2D eigenvalue weighted by atomic mass is 9.74. The molecule has 5 aliphatic rings. The maximum atomic E-state index is 14.7. The highest BCUT2D eigenvalue weighted by atomic mass is 16.2. The maximum Gasteiger partial charge on any atom is 0.325 e. The minimum atomic E-state index is -0.955. The van der Waals surface area contributed by atoms with E-state index in [0.29, 0.717) is 18.9 Å². The van der Waals surface area contributed by atoms with Crippen LogP contribution in [0.15, 0.2) is 83.9 Å². The topological polar surface area (TPSA) is 122 Å². The minimum absolute atomic E-state index is 0.00919. The van der Waals surface area contributed by atoms with Crippen LogP contribution in [0.25, 0.3) is 11.3 Å². The van der Waals surface area contributed by atoms with Crippen LogP contribution in [0.5, 0.6) is 0 Å². The van der Waals surface area contributed by atoms with E-state index in [1.54, 1.807) is 29.9 Å². The first-order valence-electron chi connectivity index (χ1n) is 17.8. The lowest BCUT2D eigenvalue weighted by Gasteiger charge is -2.46. The number of piperidine rings is 2. The third-order valence-electron chi connectivity index (χ3n) is 11.3. The standard InChI is InChI=1S/C39H43N7O4/c1-25-10-8-13-27(22-25)34(30-23-46(29-14-6-7-15-29)42-33(30)26-11-4-3-5-12-26)44-21-9-16-31(36(44)48)45-24-32(43(2)38(45)50)35(47)41-39-19-17-28(18-20-39)40-37(39)49/h3-5,8-13,16,21-23,28-29,32,34H,6-7,14-15,17-20,24H2,1-2H3,(H,40,49)(H,41,47)/t28?,32-,34?,39?/m1/s1. The molecule has 11 nitrogen and oxygen atoms in total. The van der Waals surface area contributed by atoms with E-state index in [0.717, 1.165) is 66.5 Å². The number of hydrogen-bond donors (Lipinski definition) is 2. The fourth-order valence-corrected chi connectivity index (χ4v) is 8.48. The molecule has 2 saturated carbocycles. The summed E-state index contributed by atoms with van der Waals surface area (Å²) in [6, 6.07) is 20.3. The second-order valence-corrected chi connectivity index (χ2v) is 14.5. The molecule has 0 spiro atoms. The van der Waals surface area contributed by atoms with Crippen molar-refractivity contribution in [2.45, 2.75) is 88.0 Å². The number of pyridine rings is 1. The van der Waals surface area contributed by atoms with Crippen LogP contribution in [0.4, 0.5) is 10.5 Å². The Hall–Kier alpha value is -5.19. The molecule has 1 unspecified atom stereocenters. The monoisotopic (exact) mass is 673 g/mol. The van der Waals surface area contributed by atoms with E-state index >= 15 is 0 Å². The quantitative estimate of drug-likeness (QED) is 0.275. The molecule has 11 heteroatoms. The van der Waals surface area contributed by atoms with E-state index in [4.69, 9.17) is 5.10 Å². The smallest absolute Gasteiger partial charge is 0.325 e. The van der Waals surface area contributed by atoms with Crippen LogP contribution < -0.4 is 21.1 Å². The van der Waals surface area contributed by atoms with E-state index in [9.17, 15) is 19.2 Å². The second kappa shape index (κ2) is 12.6. The van der Waals surface area contributed by atoms with Crippen molar-refractivity contribution in [2.24, 2.45) is 0 Å². The Morgan fingerprint density at radius 1 is 0.960 bits per heavy atom. The molecule has 2 atom stereocenters. The summed E-state index contributed by atoms with van der Waals surface area (Å²) >= 11 is 0. The molecule has 5 heterocycles. The predicted molar refractivity (Wildman–Crippen MR) is 190 cm³/mol. The Labute approximate surface area is 291 Å². The highest BCUT2D eigenvalue weighted by Crippen LogP contribution is 2.38. The number of urea groups is 1. The number of hydrogen-bond acceptors (Lipinski definition) is 5. The molecule has 2 aliphatic carbocycles. The molecule has 2 N–H and O–H groups in total. The van der Waals surface area contributed by atoms with Crippen LogP contribution in [0.1, 0.15) is 80.1 Å². The van der Waals surface area contributed by atoms with Crippen LogP contribution in [-0.2, 0) is 9.59 Å². The van der Waals surface area contributed by atoms with Gasteiger partial charge in [0, 0.05) is 36.6 Å². The largest absolute Gasteiger partial charge is 0.351 e. The average molecular weight is 674 g/mol. The van der Waals surface area contributed by atoms with Gasteiger partial charge in [-0.25, -0.2) is 4.79 Å². The van der Waals surface area contributed by atoms with Crippen molar-refractivity contribution in [1.29, 1.82) is 0 Å². The third kappa shape index (κ3) is 5.48. The Morgan fingerprint density at radius 3 is 2.44 bits per heavy atom. The number of aryl methyl sites for hydroxylation is 1. The van der Waals surface area contributed by atoms with E-state index < -0.39 is 23.7 Å². The summed E-state index contributed by atoms with van der Waals surface area (Å²) in [4.78, 5) is 57.8. The summed E-state index contributed by atoms with van der Waals surface area (Å²) in [5.74, 6) is -0.545. The molecule has 9 rings (SSSR count). The molecule has 2 aromatic carbocycles. The van der Waals surface area contributed by atoms with Gasteiger partial charge in [0.2, 0.25) is 11.8 Å². The van der Waals surface area contributed by atoms with Crippen LogP contribution >= 0.6 is 0 Å². The molecule has 0 radical (unpaired) electrons. The van der Waals surface area contributed by atoms with Gasteiger partial charge in [0.05, 0.1) is 24.3 Å². The number of nitrogens with zero attached hydrogens (tertiary/aromatic N) is 5. The first kappa shape index (κ1) is 32.0. The minimum Gasteiger partial charge on any atom is -0.351 e. The summed E-state index contributed by atoms with van der Waals surface area (Å²) in [6.07, 6.45) is 11.1. The van der Waals surface area contributed by atoms with Crippen molar-refractivity contribution >= 4 is 23.5 Å². The van der Waals surface area contributed by atoms with Gasteiger partial charge in [0.1, 0.15) is 17.3 Å². The maximum absolute atomic E-state index is 14.7. The first-order chi connectivity index (χ1) is 24.2. The molecule has 4 amide bonds. The highest BCUT2D eigenvalue weighted by Gasteiger charge is 2.50. The normalized spacial score (nSPS) is 24.1. The molecular formula is C39H43N7O4. The zero-order valence-corrected chi connectivity index (χ0v) is 28.5. The number of fused-ring (bicyclic) bond motifs is 3. The van der Waals surface area contributed by atoms with Gasteiger partial charge in [-0.15, -0.1) is 0 Å². The molecule has 4 aromatic rings. The molecule has 3 saturated heterocycles. The number of carbonyl (C=O) groups excluding carboxylic acids is 3. The lowest BCUT2D eigenvalue weighted by Crippen LogP contribution is -2.69. The number of aromatic nitrogens is 3. The number of nitrogens with one attached hydrogen (secondary N) is 2. The van der Waals surface area contributed by atoms with Crippen LogP contribution in [0.2, 0.25) is 0 Å². The van der Waals surface area contributed by atoms with Crippen molar-refractivity contribution in [3.05, 3.63) is 106 Å². The molecule has 258 valence electrons. The van der Waals surface area contributed by atoms with Crippen LogP contribution in [-0.4, -0.2) is 68.3 Å². The fourth-order valence-electron chi connectivity index (χ4n) is 8.48. The number of amides is 4. The highest BCUT2D eigenvalue weighted by molar-refractivity contribution is 6.02. The number of carbonyl (C=O) groups is 3. The molecule has 3 aliphatic heterocycles. The SMILES string of the molecule is Cc1cccc(C(c2cn(C3CCCC3)nc2-c2ccccc2)n2cccc(N3C[C@H](C(=O)NC45CCC(CC4)NC5=O)N(C)C3=O)c2=O)c1. The molecule has 2 bridgehead atoms. The Bertz CT molecular complexity index is 2010. The van der Waals surface area contributed by atoms with Gasteiger partial charge in [-0.2, -0.15) is 5.10 Å². The van der Waals surface area contributed by atoms with Crippen LogP contribution in [0.3, 0.4) is 0 Å². The van der Waals surface area contributed by atoms with E-state index in [1.807, 2.05) is 55.5 Å². The Balaban J connectivity index is 1.18. The van der Waals surface area contributed by atoms with Crippen molar-refractivity contribution < 1.29 is 14.4 Å². The molecule has 50 heavy (non-hydrogen) atoms. The summed E-state index contributed by atoms with van der Waals surface area (Å²) < 4.78 is 3.78. The Kier molecular flexibility index (Phi) is 8.08. The lowest BCUT2D eigenvalue weighted by molar-refractivity contribution is -0.140. The first-order valence-corrected chi connectivity index (χ1v) is 17.8. The van der Waals surface area contributed by atoms with Gasteiger partial charge in [-0.05, 0) is 63.1 Å². The van der Waals surface area contributed by atoms with Gasteiger partial charge in [-0.3, -0.25) is 24.0 Å². The number of likely N-dealkylation sites (N-methyl/N-ethyl adjacent to an activating group) is 1. The molecule has 5 fully saturated rings. The van der Waals surface area contributed by atoms with Crippen molar-refractivity contribution in [1.82, 2.24) is 29.9 Å². The summed E-state index contributed by atoms with van der Waals surface area (Å²) in [5, 5.41) is 11.2. The summed E-state index contributed by atoms with van der Waals surface area (Å²) in [6.45, 7) is 2.02. The Morgan fingerprint density at radius 2 is 1.72 bits per heavy atom. The zero-order valence-electron chi connectivity index (χ0n) is 28.5. The number of rotatable bonds is 8.